The van der Waals surface area contributed by atoms with E-state index in [1.54, 1.807) is 11.0 Å². The van der Waals surface area contributed by atoms with E-state index in [0.717, 1.165) is 16.8 Å². The molecule has 0 unspecified atom stereocenters. The summed E-state index contributed by atoms with van der Waals surface area (Å²) < 4.78 is 5.31. The Morgan fingerprint density at radius 3 is 2.72 bits per heavy atom. The molecular formula is C22H20ClN3O3. The smallest absolute Gasteiger partial charge is 0.277 e. The predicted octanol–water partition coefficient (Wildman–Crippen LogP) is 4.79. The summed E-state index contributed by atoms with van der Waals surface area (Å²) in [6.07, 6.45) is 1.67. The zero-order chi connectivity index (χ0) is 20.5. The topological polar surface area (TPSA) is 75.4 Å². The molecule has 2 heterocycles. The summed E-state index contributed by atoms with van der Waals surface area (Å²) >= 11 is 6.09. The van der Waals surface area contributed by atoms with E-state index in [4.69, 9.17) is 16.0 Å². The number of aromatic nitrogens is 1. The Bertz CT molecular complexity index is 1070. The minimum atomic E-state index is -0.312. The van der Waals surface area contributed by atoms with Gasteiger partial charge in [0.25, 0.3) is 5.91 Å². The van der Waals surface area contributed by atoms with Crippen LogP contribution in [-0.4, -0.2) is 16.8 Å². The SMILES string of the molecule is CC(C)c1ocnc1C(=O)Nc1ccc(CN2C(=O)Cc3ccc(Cl)cc32)cc1. The zero-order valence-electron chi connectivity index (χ0n) is 16.1. The molecular weight excluding hydrogens is 390 g/mol. The summed E-state index contributed by atoms with van der Waals surface area (Å²) in [5, 5.41) is 3.44. The van der Waals surface area contributed by atoms with Crippen molar-refractivity contribution in [1.82, 2.24) is 4.98 Å². The molecule has 1 aliphatic heterocycles. The van der Waals surface area contributed by atoms with Crippen LogP contribution in [0.15, 0.2) is 53.3 Å². The predicted molar refractivity (Wildman–Crippen MR) is 111 cm³/mol. The van der Waals surface area contributed by atoms with Gasteiger partial charge in [-0.15, -0.1) is 0 Å². The molecule has 0 spiro atoms. The number of rotatable bonds is 5. The summed E-state index contributed by atoms with van der Waals surface area (Å²) in [6.45, 7) is 4.33. The fourth-order valence-corrected chi connectivity index (χ4v) is 3.57. The highest BCUT2D eigenvalue weighted by atomic mass is 35.5. The Labute approximate surface area is 173 Å². The molecule has 0 fully saturated rings. The van der Waals surface area contributed by atoms with Gasteiger partial charge in [0, 0.05) is 22.3 Å². The third kappa shape index (κ3) is 3.89. The molecule has 148 valence electrons. The maximum Gasteiger partial charge on any atom is 0.277 e. The number of anilines is 2. The number of fused-ring (bicyclic) bond motifs is 1. The fourth-order valence-electron chi connectivity index (χ4n) is 3.41. The number of hydrogen-bond donors (Lipinski definition) is 1. The maximum atomic E-state index is 12.5. The van der Waals surface area contributed by atoms with Gasteiger partial charge in [-0.05, 0) is 35.4 Å². The average Bonchev–Trinajstić information content (AvgIpc) is 3.29. The van der Waals surface area contributed by atoms with Crippen LogP contribution in [0, 0.1) is 0 Å². The van der Waals surface area contributed by atoms with E-state index < -0.39 is 0 Å². The third-order valence-electron chi connectivity index (χ3n) is 4.87. The number of nitrogens with zero attached hydrogens (tertiary/aromatic N) is 2. The lowest BCUT2D eigenvalue weighted by molar-refractivity contribution is -0.117. The molecule has 0 atom stereocenters. The van der Waals surface area contributed by atoms with Gasteiger partial charge in [-0.2, -0.15) is 0 Å². The largest absolute Gasteiger partial charge is 0.447 e. The van der Waals surface area contributed by atoms with Gasteiger partial charge in [0.2, 0.25) is 5.91 Å². The van der Waals surface area contributed by atoms with Crippen molar-refractivity contribution >= 4 is 34.8 Å². The van der Waals surface area contributed by atoms with Gasteiger partial charge >= 0.3 is 0 Å². The van der Waals surface area contributed by atoms with E-state index in [1.165, 1.54) is 6.39 Å². The van der Waals surface area contributed by atoms with Crippen molar-refractivity contribution < 1.29 is 14.0 Å². The summed E-state index contributed by atoms with van der Waals surface area (Å²) in [7, 11) is 0. The summed E-state index contributed by atoms with van der Waals surface area (Å²) in [4.78, 5) is 30.6. The molecule has 0 saturated carbocycles. The minimum Gasteiger partial charge on any atom is -0.447 e. The lowest BCUT2D eigenvalue weighted by Gasteiger charge is -2.18. The number of carbonyl (C=O) groups excluding carboxylic acids is 2. The lowest BCUT2D eigenvalue weighted by Crippen LogP contribution is -2.26. The second-order valence-corrected chi connectivity index (χ2v) is 7.74. The Morgan fingerprint density at radius 2 is 2.00 bits per heavy atom. The molecule has 6 nitrogen and oxygen atoms in total. The van der Waals surface area contributed by atoms with E-state index in [-0.39, 0.29) is 17.7 Å². The van der Waals surface area contributed by atoms with Crippen molar-refractivity contribution in [1.29, 1.82) is 0 Å². The van der Waals surface area contributed by atoms with Gasteiger partial charge < -0.3 is 14.6 Å². The van der Waals surface area contributed by atoms with Gasteiger partial charge in [0.05, 0.1) is 13.0 Å². The van der Waals surface area contributed by atoms with Crippen LogP contribution in [0.5, 0.6) is 0 Å². The van der Waals surface area contributed by atoms with Crippen molar-refractivity contribution in [3.8, 4) is 0 Å². The van der Waals surface area contributed by atoms with E-state index in [9.17, 15) is 9.59 Å². The fraction of sp³-hybridized carbons (Fsp3) is 0.227. The third-order valence-corrected chi connectivity index (χ3v) is 5.10. The highest BCUT2D eigenvalue weighted by molar-refractivity contribution is 6.31. The standard InChI is InChI=1S/C22H20ClN3O3/c1-13(2)21-20(24-12-29-21)22(28)25-17-7-3-14(4-8-17)11-26-18-10-16(23)6-5-15(18)9-19(26)27/h3-8,10,12-13H,9,11H2,1-2H3,(H,25,28). The molecule has 1 aliphatic rings. The molecule has 4 rings (SSSR count). The molecule has 0 aliphatic carbocycles. The number of oxazole rings is 1. The normalized spacial score (nSPS) is 13.1. The number of carbonyl (C=O) groups is 2. The summed E-state index contributed by atoms with van der Waals surface area (Å²) in [5.74, 6) is 0.361. The average molecular weight is 410 g/mol. The molecule has 0 radical (unpaired) electrons. The first kappa shape index (κ1) is 19.2. The van der Waals surface area contributed by atoms with Crippen LogP contribution in [0.2, 0.25) is 5.02 Å². The molecule has 2 aromatic carbocycles. The molecule has 1 N–H and O–H groups in total. The molecule has 29 heavy (non-hydrogen) atoms. The number of hydrogen-bond acceptors (Lipinski definition) is 4. The van der Waals surface area contributed by atoms with E-state index in [1.807, 2.05) is 50.2 Å². The van der Waals surface area contributed by atoms with E-state index in [2.05, 4.69) is 10.3 Å². The zero-order valence-corrected chi connectivity index (χ0v) is 16.9. The number of benzene rings is 2. The highest BCUT2D eigenvalue weighted by Gasteiger charge is 2.27. The second kappa shape index (κ2) is 7.72. The highest BCUT2D eigenvalue weighted by Crippen LogP contribution is 2.32. The first-order valence-electron chi connectivity index (χ1n) is 9.35. The van der Waals surface area contributed by atoms with Crippen LogP contribution >= 0.6 is 11.6 Å². The van der Waals surface area contributed by atoms with Crippen molar-refractivity contribution in [2.24, 2.45) is 0 Å². The number of halogens is 1. The van der Waals surface area contributed by atoms with Gasteiger partial charge in [-0.1, -0.05) is 43.6 Å². The second-order valence-electron chi connectivity index (χ2n) is 7.30. The molecule has 1 aromatic heterocycles. The van der Waals surface area contributed by atoms with Crippen molar-refractivity contribution in [3.05, 3.63) is 76.5 Å². The van der Waals surface area contributed by atoms with Crippen molar-refractivity contribution in [2.75, 3.05) is 10.2 Å². The molecule has 7 heteroatoms. The van der Waals surface area contributed by atoms with Crippen LogP contribution in [0.1, 0.15) is 47.1 Å². The van der Waals surface area contributed by atoms with Crippen LogP contribution < -0.4 is 10.2 Å². The van der Waals surface area contributed by atoms with E-state index >= 15 is 0 Å². The number of nitrogens with one attached hydrogen (secondary N) is 1. The first-order valence-corrected chi connectivity index (χ1v) is 9.72. The Morgan fingerprint density at radius 1 is 1.24 bits per heavy atom. The summed E-state index contributed by atoms with van der Waals surface area (Å²) in [5.41, 5.74) is 3.73. The quantitative estimate of drug-likeness (QED) is 0.657. The Hall–Kier alpha value is -3.12. The van der Waals surface area contributed by atoms with Crippen molar-refractivity contribution in [2.45, 2.75) is 32.7 Å². The van der Waals surface area contributed by atoms with Crippen LogP contribution in [0.3, 0.4) is 0 Å². The van der Waals surface area contributed by atoms with Crippen LogP contribution in [0.4, 0.5) is 11.4 Å². The van der Waals surface area contributed by atoms with Gasteiger partial charge in [-0.3, -0.25) is 9.59 Å². The summed E-state index contributed by atoms with van der Waals surface area (Å²) in [6, 6.07) is 12.9. The van der Waals surface area contributed by atoms with Gasteiger partial charge in [0.15, 0.2) is 12.1 Å². The molecule has 0 bridgehead atoms. The maximum absolute atomic E-state index is 12.5. The van der Waals surface area contributed by atoms with Crippen LogP contribution in [-0.2, 0) is 17.8 Å². The van der Waals surface area contributed by atoms with Crippen LogP contribution in [0.25, 0.3) is 0 Å². The first-order chi connectivity index (χ1) is 13.9. The Kier molecular flexibility index (Phi) is 5.11. The Balaban J connectivity index is 1.46. The van der Waals surface area contributed by atoms with Gasteiger partial charge in [0.1, 0.15) is 5.76 Å². The van der Waals surface area contributed by atoms with Crippen molar-refractivity contribution in [3.63, 3.8) is 0 Å². The minimum absolute atomic E-state index is 0.0480. The van der Waals surface area contributed by atoms with E-state index in [0.29, 0.717) is 35.1 Å². The van der Waals surface area contributed by atoms with Gasteiger partial charge in [-0.25, -0.2) is 4.98 Å². The molecule has 0 saturated heterocycles. The lowest BCUT2D eigenvalue weighted by atomic mass is 10.1. The molecule has 3 aromatic rings. The molecule has 2 amide bonds. The number of amides is 2. The monoisotopic (exact) mass is 409 g/mol.